The van der Waals surface area contributed by atoms with E-state index in [0.29, 0.717) is 42.5 Å². The second kappa shape index (κ2) is 8.91. The average Bonchev–Trinajstić information content (AvgIpc) is 2.72. The van der Waals surface area contributed by atoms with Gasteiger partial charge in [-0.1, -0.05) is 36.7 Å². The summed E-state index contributed by atoms with van der Waals surface area (Å²) < 4.78 is 5.59. The molecule has 0 N–H and O–H groups in total. The average molecular weight is 387 g/mol. The lowest BCUT2D eigenvalue weighted by Crippen LogP contribution is -2.51. The van der Waals surface area contributed by atoms with Gasteiger partial charge in [-0.05, 0) is 42.3 Å². The zero-order valence-corrected chi connectivity index (χ0v) is 16.1. The summed E-state index contributed by atoms with van der Waals surface area (Å²) in [5.41, 5.74) is 1.80. The molecule has 1 heterocycles. The van der Waals surface area contributed by atoms with Crippen molar-refractivity contribution in [1.29, 1.82) is 0 Å². The molecule has 0 spiro atoms. The van der Waals surface area contributed by atoms with Gasteiger partial charge in [0.15, 0.2) is 6.61 Å². The molecule has 6 heteroatoms. The fourth-order valence-corrected chi connectivity index (χ4v) is 3.21. The summed E-state index contributed by atoms with van der Waals surface area (Å²) in [6, 6.07) is 14.7. The Kier molecular flexibility index (Phi) is 6.35. The number of halogens is 1. The zero-order valence-electron chi connectivity index (χ0n) is 15.4. The number of nitrogens with zero attached hydrogens (tertiary/aromatic N) is 2. The van der Waals surface area contributed by atoms with Crippen LogP contribution >= 0.6 is 11.6 Å². The first-order valence-corrected chi connectivity index (χ1v) is 9.49. The molecular formula is C21H23ClN2O3. The second-order valence-corrected chi connectivity index (χ2v) is 6.91. The van der Waals surface area contributed by atoms with Crippen LogP contribution in [0.15, 0.2) is 48.5 Å². The SMILES string of the molecule is CCc1ccc(OCC(=O)N2CCN(C(=O)c3cccc(Cl)c3)CC2)cc1. The standard InChI is InChI=1S/C21H23ClN2O3/c1-2-16-6-8-19(9-7-16)27-15-20(25)23-10-12-24(13-11-23)21(26)17-4-3-5-18(22)14-17/h3-9,14H,2,10-13,15H2,1H3. The van der Waals surface area contributed by atoms with Crippen LogP contribution < -0.4 is 4.74 Å². The van der Waals surface area contributed by atoms with E-state index in [2.05, 4.69) is 6.92 Å². The van der Waals surface area contributed by atoms with Crippen LogP contribution in [0.3, 0.4) is 0 Å². The number of aryl methyl sites for hydroxylation is 1. The molecule has 142 valence electrons. The molecular weight excluding hydrogens is 364 g/mol. The van der Waals surface area contributed by atoms with Crippen LogP contribution in [0.1, 0.15) is 22.8 Å². The van der Waals surface area contributed by atoms with Crippen LogP contribution in [-0.2, 0) is 11.2 Å². The first-order valence-electron chi connectivity index (χ1n) is 9.11. The van der Waals surface area contributed by atoms with Gasteiger partial charge in [0.1, 0.15) is 5.75 Å². The van der Waals surface area contributed by atoms with Crippen molar-refractivity contribution in [2.75, 3.05) is 32.8 Å². The lowest BCUT2D eigenvalue weighted by Gasteiger charge is -2.34. The van der Waals surface area contributed by atoms with Gasteiger partial charge in [0.05, 0.1) is 0 Å². The highest BCUT2D eigenvalue weighted by molar-refractivity contribution is 6.30. The third-order valence-electron chi connectivity index (χ3n) is 4.69. The van der Waals surface area contributed by atoms with Crippen LogP contribution in [0.25, 0.3) is 0 Å². The first-order chi connectivity index (χ1) is 13.1. The van der Waals surface area contributed by atoms with Gasteiger partial charge in [0, 0.05) is 36.8 Å². The molecule has 0 aliphatic carbocycles. The molecule has 0 atom stereocenters. The van der Waals surface area contributed by atoms with Gasteiger partial charge in [0.2, 0.25) is 0 Å². The van der Waals surface area contributed by atoms with E-state index in [9.17, 15) is 9.59 Å². The predicted molar refractivity (Wildman–Crippen MR) is 105 cm³/mol. The highest BCUT2D eigenvalue weighted by atomic mass is 35.5. The molecule has 2 aromatic rings. The predicted octanol–water partition coefficient (Wildman–Crippen LogP) is 3.27. The molecule has 0 radical (unpaired) electrons. The molecule has 0 saturated carbocycles. The maximum Gasteiger partial charge on any atom is 0.260 e. The summed E-state index contributed by atoms with van der Waals surface area (Å²) in [4.78, 5) is 28.4. The normalized spacial score (nSPS) is 14.1. The maximum absolute atomic E-state index is 12.5. The van der Waals surface area contributed by atoms with E-state index in [1.807, 2.05) is 24.3 Å². The van der Waals surface area contributed by atoms with Gasteiger partial charge in [-0.25, -0.2) is 0 Å². The van der Waals surface area contributed by atoms with Crippen LogP contribution in [0, 0.1) is 0 Å². The summed E-state index contributed by atoms with van der Waals surface area (Å²) >= 11 is 5.96. The maximum atomic E-state index is 12.5. The summed E-state index contributed by atoms with van der Waals surface area (Å²) in [5.74, 6) is 0.566. The van der Waals surface area contributed by atoms with Crippen molar-refractivity contribution in [3.63, 3.8) is 0 Å². The largest absolute Gasteiger partial charge is 0.484 e. The summed E-state index contributed by atoms with van der Waals surface area (Å²) in [7, 11) is 0. The highest BCUT2D eigenvalue weighted by Crippen LogP contribution is 2.15. The molecule has 2 amide bonds. The number of carbonyl (C=O) groups excluding carboxylic acids is 2. The monoisotopic (exact) mass is 386 g/mol. The van der Waals surface area contributed by atoms with Gasteiger partial charge < -0.3 is 14.5 Å². The number of amides is 2. The van der Waals surface area contributed by atoms with E-state index in [1.165, 1.54) is 5.56 Å². The first kappa shape index (κ1) is 19.2. The Labute approximate surface area is 164 Å². The fourth-order valence-electron chi connectivity index (χ4n) is 3.02. The molecule has 1 aliphatic heterocycles. The number of carbonyl (C=O) groups is 2. The number of ether oxygens (including phenoxy) is 1. The Balaban J connectivity index is 1.48. The van der Waals surface area contributed by atoms with Crippen molar-refractivity contribution in [2.45, 2.75) is 13.3 Å². The van der Waals surface area contributed by atoms with Crippen molar-refractivity contribution < 1.29 is 14.3 Å². The van der Waals surface area contributed by atoms with Crippen molar-refractivity contribution in [3.8, 4) is 5.75 Å². The molecule has 3 rings (SSSR count). The fraction of sp³-hybridized carbons (Fsp3) is 0.333. The molecule has 0 aromatic heterocycles. The number of rotatable bonds is 5. The van der Waals surface area contributed by atoms with E-state index in [0.717, 1.165) is 6.42 Å². The molecule has 1 fully saturated rings. The smallest absolute Gasteiger partial charge is 0.260 e. The molecule has 2 aromatic carbocycles. The van der Waals surface area contributed by atoms with Crippen molar-refractivity contribution in [2.24, 2.45) is 0 Å². The summed E-state index contributed by atoms with van der Waals surface area (Å²) in [5, 5.41) is 0.541. The number of piperazine rings is 1. The molecule has 27 heavy (non-hydrogen) atoms. The van der Waals surface area contributed by atoms with E-state index < -0.39 is 0 Å². The summed E-state index contributed by atoms with van der Waals surface area (Å²) in [6.45, 7) is 4.11. The minimum Gasteiger partial charge on any atom is -0.484 e. The number of hydrogen-bond acceptors (Lipinski definition) is 3. The second-order valence-electron chi connectivity index (χ2n) is 6.47. The van der Waals surface area contributed by atoms with E-state index in [4.69, 9.17) is 16.3 Å². The lowest BCUT2D eigenvalue weighted by molar-refractivity contribution is -0.134. The summed E-state index contributed by atoms with van der Waals surface area (Å²) in [6.07, 6.45) is 0.970. The molecule has 1 aliphatic rings. The van der Waals surface area contributed by atoms with Crippen LogP contribution in [0.5, 0.6) is 5.75 Å². The van der Waals surface area contributed by atoms with E-state index >= 15 is 0 Å². The minimum absolute atomic E-state index is 0.00765. The van der Waals surface area contributed by atoms with Gasteiger partial charge in [-0.2, -0.15) is 0 Å². The van der Waals surface area contributed by atoms with Gasteiger partial charge in [-0.15, -0.1) is 0 Å². The molecule has 5 nitrogen and oxygen atoms in total. The Morgan fingerprint density at radius 2 is 1.67 bits per heavy atom. The van der Waals surface area contributed by atoms with Gasteiger partial charge in [0.25, 0.3) is 11.8 Å². The topological polar surface area (TPSA) is 49.9 Å². The van der Waals surface area contributed by atoms with Crippen molar-refractivity contribution in [3.05, 3.63) is 64.7 Å². The van der Waals surface area contributed by atoms with Crippen LogP contribution in [0.4, 0.5) is 0 Å². The van der Waals surface area contributed by atoms with E-state index in [-0.39, 0.29) is 18.4 Å². The number of hydrogen-bond donors (Lipinski definition) is 0. The third kappa shape index (κ3) is 5.01. The van der Waals surface area contributed by atoms with Crippen LogP contribution in [-0.4, -0.2) is 54.4 Å². The van der Waals surface area contributed by atoms with Crippen LogP contribution in [0.2, 0.25) is 5.02 Å². The third-order valence-corrected chi connectivity index (χ3v) is 4.92. The number of benzene rings is 2. The lowest BCUT2D eigenvalue weighted by atomic mass is 10.2. The Bertz CT molecular complexity index is 799. The van der Waals surface area contributed by atoms with Crippen molar-refractivity contribution in [1.82, 2.24) is 9.80 Å². The quantitative estimate of drug-likeness (QED) is 0.792. The van der Waals surface area contributed by atoms with Gasteiger partial charge in [-0.3, -0.25) is 9.59 Å². The Morgan fingerprint density at radius 3 is 2.30 bits per heavy atom. The highest BCUT2D eigenvalue weighted by Gasteiger charge is 2.25. The molecule has 0 bridgehead atoms. The zero-order chi connectivity index (χ0) is 19.2. The molecule has 0 unspecified atom stereocenters. The minimum atomic E-state index is -0.0653. The Morgan fingerprint density at radius 1 is 1.00 bits per heavy atom. The van der Waals surface area contributed by atoms with Crippen molar-refractivity contribution >= 4 is 23.4 Å². The van der Waals surface area contributed by atoms with E-state index in [1.54, 1.807) is 34.1 Å². The Hall–Kier alpha value is -2.53. The molecule has 1 saturated heterocycles. The van der Waals surface area contributed by atoms with Gasteiger partial charge >= 0.3 is 0 Å².